The van der Waals surface area contributed by atoms with Gasteiger partial charge in [-0.15, -0.1) is 0 Å². The van der Waals surface area contributed by atoms with Gasteiger partial charge in [-0.05, 0) is 48.9 Å². The van der Waals surface area contributed by atoms with E-state index in [9.17, 15) is 14.4 Å². The molecule has 0 spiro atoms. The Bertz CT molecular complexity index is 1180. The Labute approximate surface area is 180 Å². The Hall–Kier alpha value is -4.19. The fraction of sp³-hybridized carbons (Fsp3) is 0.0800. The van der Waals surface area contributed by atoms with Crippen molar-refractivity contribution in [2.45, 2.75) is 13.8 Å². The molecule has 1 heterocycles. The van der Waals surface area contributed by atoms with Crippen LogP contribution in [0.4, 0.5) is 17.1 Å². The van der Waals surface area contributed by atoms with Crippen molar-refractivity contribution in [1.29, 1.82) is 0 Å². The molecule has 1 aliphatic rings. The molecule has 2 N–H and O–H groups in total. The molecular weight excluding hydrogens is 390 g/mol. The van der Waals surface area contributed by atoms with Gasteiger partial charge in [-0.25, -0.2) is 4.90 Å². The number of nitrogens with zero attached hydrogens (tertiary/aromatic N) is 1. The molecule has 6 heteroatoms. The topological polar surface area (TPSA) is 78.5 Å². The molecule has 154 valence electrons. The van der Waals surface area contributed by atoms with E-state index in [2.05, 4.69) is 10.6 Å². The van der Waals surface area contributed by atoms with Crippen molar-refractivity contribution in [3.8, 4) is 0 Å². The maximum absolute atomic E-state index is 13.3. The minimum Gasteiger partial charge on any atom is -0.350 e. The number of hydrogen-bond acceptors (Lipinski definition) is 4. The van der Waals surface area contributed by atoms with Crippen LogP contribution in [0.25, 0.3) is 5.57 Å². The highest BCUT2D eigenvalue weighted by molar-refractivity contribution is 6.46. The number of benzene rings is 3. The summed E-state index contributed by atoms with van der Waals surface area (Å²) in [5, 5.41) is 5.82. The van der Waals surface area contributed by atoms with Gasteiger partial charge in [-0.2, -0.15) is 0 Å². The zero-order valence-corrected chi connectivity index (χ0v) is 17.2. The number of aryl methyl sites for hydroxylation is 1. The molecule has 0 bridgehead atoms. The van der Waals surface area contributed by atoms with Gasteiger partial charge >= 0.3 is 0 Å². The predicted octanol–water partition coefficient (Wildman–Crippen LogP) is 4.35. The highest BCUT2D eigenvalue weighted by atomic mass is 16.2. The first-order valence-electron chi connectivity index (χ1n) is 9.84. The Morgan fingerprint density at radius 2 is 1.39 bits per heavy atom. The maximum Gasteiger partial charge on any atom is 0.282 e. The molecule has 0 saturated heterocycles. The van der Waals surface area contributed by atoms with Crippen LogP contribution >= 0.6 is 0 Å². The highest BCUT2D eigenvalue weighted by Crippen LogP contribution is 2.33. The van der Waals surface area contributed by atoms with Crippen LogP contribution in [0, 0.1) is 6.92 Å². The van der Waals surface area contributed by atoms with E-state index < -0.39 is 5.91 Å². The molecule has 0 radical (unpaired) electrons. The standard InChI is InChI=1S/C25H21N3O3/c1-16-8-14-21(15-9-16)28-24(30)22(18-6-4-3-5-7-18)23(25(28)31)27-20-12-10-19(11-13-20)26-17(2)29/h3-15,27H,1-2H3,(H,26,29). The van der Waals surface area contributed by atoms with Gasteiger partial charge in [0.2, 0.25) is 5.91 Å². The van der Waals surface area contributed by atoms with Crippen LogP contribution in [0.5, 0.6) is 0 Å². The zero-order valence-electron chi connectivity index (χ0n) is 17.2. The van der Waals surface area contributed by atoms with E-state index in [1.54, 1.807) is 48.5 Å². The van der Waals surface area contributed by atoms with Gasteiger partial charge < -0.3 is 10.6 Å². The number of imide groups is 1. The van der Waals surface area contributed by atoms with Crippen LogP contribution < -0.4 is 15.5 Å². The molecule has 1 aliphatic heterocycles. The third-order valence-electron chi connectivity index (χ3n) is 4.91. The first-order valence-corrected chi connectivity index (χ1v) is 9.84. The van der Waals surface area contributed by atoms with Crippen LogP contribution in [0.15, 0.2) is 84.6 Å². The molecule has 31 heavy (non-hydrogen) atoms. The van der Waals surface area contributed by atoms with E-state index in [0.717, 1.165) is 5.56 Å². The van der Waals surface area contributed by atoms with E-state index in [-0.39, 0.29) is 17.5 Å². The summed E-state index contributed by atoms with van der Waals surface area (Å²) in [6.07, 6.45) is 0. The third-order valence-corrected chi connectivity index (χ3v) is 4.91. The Morgan fingerprint density at radius 1 is 0.774 bits per heavy atom. The van der Waals surface area contributed by atoms with Crippen molar-refractivity contribution >= 4 is 40.4 Å². The molecule has 0 atom stereocenters. The van der Waals surface area contributed by atoms with Crippen molar-refractivity contribution in [2.24, 2.45) is 0 Å². The van der Waals surface area contributed by atoms with Gasteiger partial charge in [0.05, 0.1) is 11.3 Å². The second-order valence-electron chi connectivity index (χ2n) is 7.28. The summed E-state index contributed by atoms with van der Waals surface area (Å²) in [5.41, 5.74) is 4.02. The second kappa shape index (κ2) is 8.28. The third kappa shape index (κ3) is 4.09. The Kier molecular flexibility index (Phi) is 5.37. The van der Waals surface area contributed by atoms with Crippen LogP contribution in [0.2, 0.25) is 0 Å². The van der Waals surface area contributed by atoms with E-state index in [4.69, 9.17) is 0 Å². The van der Waals surface area contributed by atoms with Crippen molar-refractivity contribution in [3.63, 3.8) is 0 Å². The number of hydrogen-bond donors (Lipinski definition) is 2. The largest absolute Gasteiger partial charge is 0.350 e. The van der Waals surface area contributed by atoms with Crippen LogP contribution in [0.3, 0.4) is 0 Å². The summed E-state index contributed by atoms with van der Waals surface area (Å²) in [6, 6.07) is 23.3. The van der Waals surface area contributed by atoms with Gasteiger partial charge in [0.25, 0.3) is 11.8 Å². The van der Waals surface area contributed by atoms with Crippen molar-refractivity contribution in [3.05, 3.63) is 95.7 Å². The van der Waals surface area contributed by atoms with Gasteiger partial charge in [-0.3, -0.25) is 14.4 Å². The van der Waals surface area contributed by atoms with E-state index in [1.165, 1.54) is 11.8 Å². The molecule has 3 aromatic carbocycles. The quantitative estimate of drug-likeness (QED) is 0.612. The minimum absolute atomic E-state index is 0.167. The molecule has 0 saturated carbocycles. The molecule has 0 aromatic heterocycles. The molecule has 3 aromatic rings. The average Bonchev–Trinajstić information content (AvgIpc) is 3.00. The molecule has 4 rings (SSSR count). The summed E-state index contributed by atoms with van der Waals surface area (Å²) in [4.78, 5) is 39.1. The lowest BCUT2D eigenvalue weighted by molar-refractivity contribution is -0.120. The zero-order chi connectivity index (χ0) is 22.0. The maximum atomic E-state index is 13.3. The first-order chi connectivity index (χ1) is 14.9. The lowest BCUT2D eigenvalue weighted by Gasteiger charge is -2.15. The van der Waals surface area contributed by atoms with Gasteiger partial charge in [0.15, 0.2) is 0 Å². The highest BCUT2D eigenvalue weighted by Gasteiger charge is 2.40. The molecule has 0 unspecified atom stereocenters. The van der Waals surface area contributed by atoms with Crippen LogP contribution in [0.1, 0.15) is 18.1 Å². The van der Waals surface area contributed by atoms with Gasteiger partial charge in [0.1, 0.15) is 5.70 Å². The molecule has 0 aliphatic carbocycles. The molecule has 3 amide bonds. The van der Waals surface area contributed by atoms with Crippen molar-refractivity contribution in [1.82, 2.24) is 0 Å². The van der Waals surface area contributed by atoms with Crippen molar-refractivity contribution in [2.75, 3.05) is 15.5 Å². The summed E-state index contributed by atoms with van der Waals surface area (Å²) < 4.78 is 0. The average molecular weight is 411 g/mol. The molecular formula is C25H21N3O3. The summed E-state index contributed by atoms with van der Waals surface area (Å²) >= 11 is 0. The molecule has 0 fully saturated rings. The lowest BCUT2D eigenvalue weighted by Crippen LogP contribution is -2.32. The normalized spacial score (nSPS) is 13.5. The number of amides is 3. The Morgan fingerprint density at radius 3 is 2.00 bits per heavy atom. The number of carbonyl (C=O) groups excluding carboxylic acids is 3. The predicted molar refractivity (Wildman–Crippen MR) is 121 cm³/mol. The van der Waals surface area contributed by atoms with Crippen LogP contribution in [-0.2, 0) is 14.4 Å². The fourth-order valence-corrected chi connectivity index (χ4v) is 3.43. The van der Waals surface area contributed by atoms with E-state index in [1.807, 2.05) is 37.3 Å². The number of carbonyl (C=O) groups is 3. The monoisotopic (exact) mass is 411 g/mol. The Balaban J connectivity index is 1.73. The van der Waals surface area contributed by atoms with Gasteiger partial charge in [0, 0.05) is 18.3 Å². The summed E-state index contributed by atoms with van der Waals surface area (Å²) in [5.74, 6) is -0.962. The summed E-state index contributed by atoms with van der Waals surface area (Å²) in [6.45, 7) is 3.38. The van der Waals surface area contributed by atoms with Crippen molar-refractivity contribution < 1.29 is 14.4 Å². The van der Waals surface area contributed by atoms with E-state index in [0.29, 0.717) is 28.2 Å². The summed E-state index contributed by atoms with van der Waals surface area (Å²) in [7, 11) is 0. The first kappa shape index (κ1) is 20.1. The number of rotatable bonds is 5. The fourth-order valence-electron chi connectivity index (χ4n) is 3.43. The van der Waals surface area contributed by atoms with E-state index >= 15 is 0 Å². The number of anilines is 3. The lowest BCUT2D eigenvalue weighted by atomic mass is 10.0. The number of nitrogens with one attached hydrogen (secondary N) is 2. The SMILES string of the molecule is CC(=O)Nc1ccc(NC2=C(c3ccccc3)C(=O)N(c3ccc(C)cc3)C2=O)cc1. The second-order valence-corrected chi connectivity index (χ2v) is 7.28. The minimum atomic E-state index is -0.418. The smallest absolute Gasteiger partial charge is 0.282 e. The van der Waals surface area contributed by atoms with Crippen LogP contribution in [-0.4, -0.2) is 17.7 Å². The molecule has 6 nitrogen and oxygen atoms in total. The van der Waals surface area contributed by atoms with Gasteiger partial charge in [-0.1, -0.05) is 48.0 Å².